The van der Waals surface area contributed by atoms with Gasteiger partial charge in [-0.15, -0.1) is 0 Å². The van der Waals surface area contributed by atoms with Crippen molar-refractivity contribution in [3.05, 3.63) is 29.8 Å². The smallest absolute Gasteiger partial charge is 0.355 e. The van der Waals surface area contributed by atoms with Gasteiger partial charge >= 0.3 is 5.97 Å². The molecule has 0 aromatic heterocycles. The molecule has 1 atom stereocenters. The van der Waals surface area contributed by atoms with Crippen LogP contribution in [0.25, 0.3) is 0 Å². The Morgan fingerprint density at radius 3 is 2.59 bits per heavy atom. The van der Waals surface area contributed by atoms with E-state index in [0.717, 1.165) is 0 Å². The van der Waals surface area contributed by atoms with Crippen molar-refractivity contribution < 1.29 is 19.1 Å². The SMILES string of the molecule is CC(=O)c1ccc(OC(=O)[C@@H]2NCCO2)cc1. The maximum absolute atomic E-state index is 11.6. The highest BCUT2D eigenvalue weighted by molar-refractivity contribution is 5.94. The molecule has 0 spiro atoms. The first-order chi connectivity index (χ1) is 8.16. The molecule has 0 radical (unpaired) electrons. The summed E-state index contributed by atoms with van der Waals surface area (Å²) in [6.45, 7) is 2.63. The minimum absolute atomic E-state index is 0.0244. The minimum Gasteiger partial charge on any atom is -0.424 e. The number of ketones is 1. The van der Waals surface area contributed by atoms with Gasteiger partial charge in [0.25, 0.3) is 0 Å². The van der Waals surface area contributed by atoms with Crippen molar-refractivity contribution >= 4 is 11.8 Å². The zero-order valence-corrected chi connectivity index (χ0v) is 9.43. The molecule has 0 amide bonds. The monoisotopic (exact) mass is 235 g/mol. The lowest BCUT2D eigenvalue weighted by Gasteiger charge is -2.09. The first-order valence-electron chi connectivity index (χ1n) is 5.34. The molecule has 1 aliphatic rings. The summed E-state index contributed by atoms with van der Waals surface area (Å²) in [5, 5.41) is 2.86. The van der Waals surface area contributed by atoms with Crippen LogP contribution in [0.2, 0.25) is 0 Å². The van der Waals surface area contributed by atoms with E-state index < -0.39 is 12.2 Å². The van der Waals surface area contributed by atoms with E-state index in [-0.39, 0.29) is 5.78 Å². The summed E-state index contributed by atoms with van der Waals surface area (Å²) in [4.78, 5) is 22.6. The summed E-state index contributed by atoms with van der Waals surface area (Å²) >= 11 is 0. The molecule has 90 valence electrons. The van der Waals surface area contributed by atoms with Crippen LogP contribution in [0.15, 0.2) is 24.3 Å². The molecule has 1 heterocycles. The topological polar surface area (TPSA) is 64.6 Å². The van der Waals surface area contributed by atoms with E-state index in [9.17, 15) is 9.59 Å². The average Bonchev–Trinajstić information content (AvgIpc) is 2.83. The van der Waals surface area contributed by atoms with E-state index in [2.05, 4.69) is 5.32 Å². The van der Waals surface area contributed by atoms with E-state index in [1.165, 1.54) is 6.92 Å². The highest BCUT2D eigenvalue weighted by atomic mass is 16.6. The first kappa shape index (κ1) is 11.8. The molecule has 1 N–H and O–H groups in total. The van der Waals surface area contributed by atoms with Gasteiger partial charge in [0.2, 0.25) is 6.23 Å². The Balaban J connectivity index is 1.98. The van der Waals surface area contributed by atoms with Gasteiger partial charge in [0.1, 0.15) is 5.75 Å². The van der Waals surface area contributed by atoms with Gasteiger partial charge < -0.3 is 9.47 Å². The van der Waals surface area contributed by atoms with Gasteiger partial charge in [-0.1, -0.05) is 0 Å². The van der Waals surface area contributed by atoms with Crippen LogP contribution in [0.1, 0.15) is 17.3 Å². The molecule has 1 aromatic carbocycles. The third kappa shape index (κ3) is 2.89. The fraction of sp³-hybridized carbons (Fsp3) is 0.333. The van der Waals surface area contributed by atoms with E-state index in [4.69, 9.17) is 9.47 Å². The van der Waals surface area contributed by atoms with Gasteiger partial charge in [0.15, 0.2) is 5.78 Å². The second-order valence-corrected chi connectivity index (χ2v) is 3.71. The second kappa shape index (κ2) is 5.07. The molecule has 1 saturated heterocycles. The number of nitrogens with one attached hydrogen (secondary N) is 1. The fourth-order valence-electron chi connectivity index (χ4n) is 1.50. The number of Topliss-reactive ketones (excluding diaryl/α,β-unsaturated/α-hetero) is 1. The number of ether oxygens (including phenoxy) is 2. The lowest BCUT2D eigenvalue weighted by Crippen LogP contribution is -2.35. The normalized spacial score (nSPS) is 19.0. The Morgan fingerprint density at radius 1 is 1.35 bits per heavy atom. The molecule has 0 unspecified atom stereocenters. The average molecular weight is 235 g/mol. The van der Waals surface area contributed by atoms with Crippen molar-refractivity contribution in [3.63, 3.8) is 0 Å². The van der Waals surface area contributed by atoms with E-state index >= 15 is 0 Å². The largest absolute Gasteiger partial charge is 0.424 e. The first-order valence-corrected chi connectivity index (χ1v) is 5.34. The van der Waals surface area contributed by atoms with Crippen LogP contribution in [-0.4, -0.2) is 31.1 Å². The molecule has 0 bridgehead atoms. The van der Waals surface area contributed by atoms with Gasteiger partial charge in [-0.05, 0) is 31.2 Å². The van der Waals surface area contributed by atoms with Crippen molar-refractivity contribution in [3.8, 4) is 5.75 Å². The maximum atomic E-state index is 11.6. The van der Waals surface area contributed by atoms with Crippen molar-refractivity contribution in [2.75, 3.05) is 13.2 Å². The number of rotatable bonds is 3. The van der Waals surface area contributed by atoms with Gasteiger partial charge in [0, 0.05) is 12.1 Å². The molecule has 17 heavy (non-hydrogen) atoms. The zero-order valence-electron chi connectivity index (χ0n) is 9.43. The van der Waals surface area contributed by atoms with Gasteiger partial charge in [-0.2, -0.15) is 0 Å². The van der Waals surface area contributed by atoms with Crippen LogP contribution in [0.3, 0.4) is 0 Å². The Kier molecular flexibility index (Phi) is 3.51. The highest BCUT2D eigenvalue weighted by Crippen LogP contribution is 2.13. The van der Waals surface area contributed by atoms with Gasteiger partial charge in [-0.3, -0.25) is 10.1 Å². The van der Waals surface area contributed by atoms with Gasteiger partial charge in [-0.25, -0.2) is 4.79 Å². The van der Waals surface area contributed by atoms with Crippen LogP contribution in [0.5, 0.6) is 5.75 Å². The van der Waals surface area contributed by atoms with Gasteiger partial charge in [0.05, 0.1) is 6.61 Å². The summed E-state index contributed by atoms with van der Waals surface area (Å²) in [6, 6.07) is 6.41. The number of carbonyl (C=O) groups is 2. The molecule has 5 heteroatoms. The van der Waals surface area contributed by atoms with Crippen molar-refractivity contribution in [2.24, 2.45) is 0 Å². The predicted molar refractivity (Wildman–Crippen MR) is 59.8 cm³/mol. The summed E-state index contributed by atoms with van der Waals surface area (Å²) in [6.07, 6.45) is -0.692. The molecule has 5 nitrogen and oxygen atoms in total. The third-order valence-corrected chi connectivity index (χ3v) is 2.41. The maximum Gasteiger partial charge on any atom is 0.355 e. The van der Waals surface area contributed by atoms with Crippen molar-refractivity contribution in [1.29, 1.82) is 0 Å². The van der Waals surface area contributed by atoms with E-state index in [1.807, 2.05) is 0 Å². The van der Waals surface area contributed by atoms with Crippen LogP contribution in [-0.2, 0) is 9.53 Å². The Hall–Kier alpha value is -1.72. The summed E-state index contributed by atoms with van der Waals surface area (Å²) in [5.74, 6) is -0.0981. The summed E-state index contributed by atoms with van der Waals surface area (Å²) in [7, 11) is 0. The fourth-order valence-corrected chi connectivity index (χ4v) is 1.50. The van der Waals surface area contributed by atoms with E-state index in [1.54, 1.807) is 24.3 Å². The van der Waals surface area contributed by atoms with Crippen LogP contribution in [0, 0.1) is 0 Å². The molecular weight excluding hydrogens is 222 g/mol. The number of esters is 1. The Labute approximate surface area is 98.7 Å². The lowest BCUT2D eigenvalue weighted by atomic mass is 10.1. The van der Waals surface area contributed by atoms with Crippen LogP contribution < -0.4 is 10.1 Å². The molecular formula is C12H13NO4. The van der Waals surface area contributed by atoms with E-state index in [0.29, 0.717) is 24.5 Å². The number of hydrogen-bond acceptors (Lipinski definition) is 5. The van der Waals surface area contributed by atoms with Crippen LogP contribution in [0.4, 0.5) is 0 Å². The Morgan fingerprint density at radius 2 is 2.06 bits per heavy atom. The summed E-state index contributed by atoms with van der Waals surface area (Å²) in [5.41, 5.74) is 0.583. The predicted octanol–water partition coefficient (Wildman–Crippen LogP) is 0.740. The summed E-state index contributed by atoms with van der Waals surface area (Å²) < 4.78 is 10.2. The highest BCUT2D eigenvalue weighted by Gasteiger charge is 2.24. The minimum atomic E-state index is -0.692. The number of hydrogen-bond donors (Lipinski definition) is 1. The molecule has 1 aliphatic heterocycles. The molecule has 1 fully saturated rings. The quantitative estimate of drug-likeness (QED) is 0.475. The number of benzene rings is 1. The standard InChI is InChI=1S/C12H13NO4/c1-8(14)9-2-4-10(5-3-9)17-12(15)11-13-6-7-16-11/h2-5,11,13H,6-7H2,1H3/t11-/m1/s1. The number of carbonyl (C=O) groups excluding carboxylic acids is 2. The molecule has 2 rings (SSSR count). The van der Waals surface area contributed by atoms with Crippen molar-refractivity contribution in [2.45, 2.75) is 13.2 Å². The zero-order chi connectivity index (χ0) is 12.3. The molecule has 0 saturated carbocycles. The molecule has 1 aromatic rings. The second-order valence-electron chi connectivity index (χ2n) is 3.71. The Bertz CT molecular complexity index is 421. The lowest BCUT2D eigenvalue weighted by molar-refractivity contribution is -0.145. The molecule has 0 aliphatic carbocycles. The van der Waals surface area contributed by atoms with Crippen molar-refractivity contribution in [1.82, 2.24) is 5.32 Å². The third-order valence-electron chi connectivity index (χ3n) is 2.41. The van der Waals surface area contributed by atoms with Crippen LogP contribution >= 0.6 is 0 Å².